The predicted molar refractivity (Wildman–Crippen MR) is 89.2 cm³/mol. The van der Waals surface area contributed by atoms with E-state index in [0.29, 0.717) is 17.4 Å². The number of aromatic nitrogens is 1. The fraction of sp³-hybridized carbons (Fsp3) is 0.438. The Hall–Kier alpha value is -1.10. The van der Waals surface area contributed by atoms with Crippen molar-refractivity contribution in [2.45, 2.75) is 45.8 Å². The van der Waals surface area contributed by atoms with E-state index in [1.165, 1.54) is 0 Å². The molecule has 0 aliphatic rings. The molecule has 2 N–H and O–H groups in total. The zero-order chi connectivity index (χ0) is 15.6. The minimum absolute atomic E-state index is 0.0372. The number of benzene rings is 1. The first-order valence-electron chi connectivity index (χ1n) is 6.90. The molecule has 114 valence electrons. The maximum absolute atomic E-state index is 6.22. The van der Waals surface area contributed by atoms with Gasteiger partial charge in [0.2, 0.25) is 0 Å². The van der Waals surface area contributed by atoms with Crippen molar-refractivity contribution in [3.05, 3.63) is 44.9 Å². The van der Waals surface area contributed by atoms with E-state index < -0.39 is 0 Å². The molecule has 1 aromatic heterocycles. The minimum atomic E-state index is -0.0372. The van der Waals surface area contributed by atoms with E-state index in [9.17, 15) is 0 Å². The first-order valence-corrected chi connectivity index (χ1v) is 8.16. The van der Waals surface area contributed by atoms with Crippen LogP contribution >= 0.6 is 22.9 Å². The highest BCUT2D eigenvalue weighted by atomic mass is 35.5. The third-order valence-electron chi connectivity index (χ3n) is 3.15. The number of hydrogen-bond acceptors (Lipinski definition) is 4. The molecule has 0 aliphatic heterocycles. The van der Waals surface area contributed by atoms with E-state index in [0.717, 1.165) is 16.3 Å². The van der Waals surface area contributed by atoms with E-state index in [4.69, 9.17) is 22.1 Å². The molecule has 0 bridgehead atoms. The lowest BCUT2D eigenvalue weighted by atomic mass is 9.93. The highest BCUT2D eigenvalue weighted by molar-refractivity contribution is 7.09. The van der Waals surface area contributed by atoms with E-state index in [1.54, 1.807) is 11.3 Å². The largest absolute Gasteiger partial charge is 0.485 e. The Labute approximate surface area is 135 Å². The van der Waals surface area contributed by atoms with Gasteiger partial charge in [0.15, 0.2) is 0 Å². The van der Waals surface area contributed by atoms with Crippen molar-refractivity contribution in [1.82, 2.24) is 4.98 Å². The lowest BCUT2D eigenvalue weighted by molar-refractivity contribution is 0.305. The number of rotatable bonds is 4. The number of halogens is 1. The summed E-state index contributed by atoms with van der Waals surface area (Å²) in [4.78, 5) is 4.60. The molecule has 21 heavy (non-hydrogen) atoms. The molecule has 0 unspecified atom stereocenters. The van der Waals surface area contributed by atoms with Crippen LogP contribution < -0.4 is 10.5 Å². The maximum Gasteiger partial charge on any atom is 0.140 e. The van der Waals surface area contributed by atoms with Crippen LogP contribution in [0.3, 0.4) is 0 Å². The summed E-state index contributed by atoms with van der Waals surface area (Å²) in [5.41, 5.74) is 7.98. The van der Waals surface area contributed by atoms with Gasteiger partial charge in [-0.1, -0.05) is 38.4 Å². The van der Waals surface area contributed by atoms with Gasteiger partial charge in [-0.25, -0.2) is 4.98 Å². The van der Waals surface area contributed by atoms with Gasteiger partial charge in [-0.2, -0.15) is 0 Å². The molecule has 5 heteroatoms. The number of ether oxygens (including phenoxy) is 1. The zero-order valence-corrected chi connectivity index (χ0v) is 14.4. The molecule has 2 rings (SSSR count). The van der Waals surface area contributed by atoms with E-state index in [1.807, 2.05) is 25.1 Å². The highest BCUT2D eigenvalue weighted by Gasteiger charge is 2.17. The molecule has 0 fully saturated rings. The monoisotopic (exact) mass is 324 g/mol. The van der Waals surface area contributed by atoms with Gasteiger partial charge in [0.1, 0.15) is 17.4 Å². The van der Waals surface area contributed by atoms with Crippen LogP contribution in [0.25, 0.3) is 0 Å². The number of nitrogens with two attached hydrogens (primary N) is 1. The van der Waals surface area contributed by atoms with Gasteiger partial charge in [-0.05, 0) is 24.6 Å². The third-order valence-corrected chi connectivity index (χ3v) is 4.27. The van der Waals surface area contributed by atoms with Crippen LogP contribution in [0.1, 0.15) is 50.0 Å². The van der Waals surface area contributed by atoms with Gasteiger partial charge in [0, 0.05) is 16.8 Å². The quantitative estimate of drug-likeness (QED) is 0.887. The van der Waals surface area contributed by atoms with E-state index in [2.05, 4.69) is 31.1 Å². The first-order chi connectivity index (χ1) is 9.77. The second-order valence-electron chi connectivity index (χ2n) is 6.14. The van der Waals surface area contributed by atoms with Crippen LogP contribution in [-0.4, -0.2) is 4.98 Å². The second kappa shape index (κ2) is 6.34. The van der Waals surface area contributed by atoms with Crippen molar-refractivity contribution >= 4 is 22.9 Å². The summed E-state index contributed by atoms with van der Waals surface area (Å²) < 4.78 is 5.76. The van der Waals surface area contributed by atoms with Crippen molar-refractivity contribution in [1.29, 1.82) is 0 Å². The van der Waals surface area contributed by atoms with Gasteiger partial charge < -0.3 is 10.5 Å². The van der Waals surface area contributed by atoms with Crippen LogP contribution in [0.4, 0.5) is 0 Å². The summed E-state index contributed by atoms with van der Waals surface area (Å²) in [6.45, 7) is 8.80. The lowest BCUT2D eigenvalue weighted by Gasteiger charge is -2.14. The minimum Gasteiger partial charge on any atom is -0.485 e. The standard InChI is InChI=1S/C16H21ClN2OS/c1-10(18)11-5-6-13(12(17)7-11)20-8-15-19-14(9-21-15)16(2,3)4/h5-7,9-10H,8,18H2,1-4H3/t10-/m0/s1. The Bertz CT molecular complexity index is 617. The Kier molecular flexibility index (Phi) is 4.91. The zero-order valence-electron chi connectivity index (χ0n) is 12.8. The normalized spacial score (nSPS) is 13.2. The third kappa shape index (κ3) is 4.19. The van der Waals surface area contributed by atoms with Gasteiger partial charge in [-0.15, -0.1) is 11.3 Å². The van der Waals surface area contributed by atoms with Gasteiger partial charge in [0.05, 0.1) is 10.7 Å². The highest BCUT2D eigenvalue weighted by Crippen LogP contribution is 2.29. The van der Waals surface area contributed by atoms with Crippen molar-refractivity contribution in [3.63, 3.8) is 0 Å². The number of thiazole rings is 1. The smallest absolute Gasteiger partial charge is 0.140 e. The van der Waals surface area contributed by atoms with Crippen molar-refractivity contribution in [2.75, 3.05) is 0 Å². The van der Waals surface area contributed by atoms with Crippen LogP contribution in [0.5, 0.6) is 5.75 Å². The Morgan fingerprint density at radius 3 is 2.62 bits per heavy atom. The lowest BCUT2D eigenvalue weighted by Crippen LogP contribution is -2.11. The molecule has 0 saturated heterocycles. The van der Waals surface area contributed by atoms with Gasteiger partial charge in [0.25, 0.3) is 0 Å². The molecule has 0 aliphatic carbocycles. The molecule has 1 atom stereocenters. The maximum atomic E-state index is 6.22. The number of hydrogen-bond donors (Lipinski definition) is 1. The summed E-state index contributed by atoms with van der Waals surface area (Å²) in [6, 6.07) is 5.61. The summed E-state index contributed by atoms with van der Waals surface area (Å²) in [5, 5.41) is 3.61. The first kappa shape index (κ1) is 16.3. The summed E-state index contributed by atoms with van der Waals surface area (Å²) in [5.74, 6) is 0.661. The van der Waals surface area contributed by atoms with Gasteiger partial charge in [-0.3, -0.25) is 0 Å². The average molecular weight is 325 g/mol. The Balaban J connectivity index is 2.05. The van der Waals surface area contributed by atoms with Gasteiger partial charge >= 0.3 is 0 Å². The summed E-state index contributed by atoms with van der Waals surface area (Å²) >= 11 is 7.83. The molecular weight excluding hydrogens is 304 g/mol. The van der Waals surface area contributed by atoms with Crippen LogP contribution in [0.2, 0.25) is 5.02 Å². The molecule has 2 aromatic rings. The predicted octanol–water partition coefficient (Wildman–Crippen LogP) is 4.69. The molecule has 3 nitrogen and oxygen atoms in total. The SMILES string of the molecule is C[C@H](N)c1ccc(OCc2nc(C(C)(C)C)cs2)c(Cl)c1. The fourth-order valence-electron chi connectivity index (χ4n) is 1.78. The van der Waals surface area contributed by atoms with Crippen LogP contribution in [-0.2, 0) is 12.0 Å². The van der Waals surface area contributed by atoms with E-state index >= 15 is 0 Å². The molecule has 0 radical (unpaired) electrons. The molecular formula is C16H21ClN2OS. The molecule has 0 amide bonds. The van der Waals surface area contributed by atoms with Crippen LogP contribution in [0.15, 0.2) is 23.6 Å². The van der Waals surface area contributed by atoms with Crippen molar-refractivity contribution in [3.8, 4) is 5.75 Å². The molecule has 1 heterocycles. The fourth-order valence-corrected chi connectivity index (χ4v) is 2.95. The Morgan fingerprint density at radius 1 is 1.38 bits per heavy atom. The second-order valence-corrected chi connectivity index (χ2v) is 7.49. The number of nitrogens with zero attached hydrogens (tertiary/aromatic N) is 1. The van der Waals surface area contributed by atoms with Crippen molar-refractivity contribution < 1.29 is 4.74 Å². The average Bonchev–Trinajstić information content (AvgIpc) is 2.85. The Morgan fingerprint density at radius 2 is 2.10 bits per heavy atom. The topological polar surface area (TPSA) is 48.1 Å². The summed E-state index contributed by atoms with van der Waals surface area (Å²) in [6.07, 6.45) is 0. The van der Waals surface area contributed by atoms with Crippen molar-refractivity contribution in [2.24, 2.45) is 5.73 Å². The van der Waals surface area contributed by atoms with E-state index in [-0.39, 0.29) is 11.5 Å². The molecule has 0 spiro atoms. The molecule has 1 aromatic carbocycles. The molecule has 0 saturated carbocycles. The summed E-state index contributed by atoms with van der Waals surface area (Å²) in [7, 11) is 0. The van der Waals surface area contributed by atoms with Crippen LogP contribution in [0, 0.1) is 0 Å².